The van der Waals surface area contributed by atoms with Gasteiger partial charge in [0.2, 0.25) is 0 Å². The van der Waals surface area contributed by atoms with Gasteiger partial charge in [0.25, 0.3) is 5.91 Å². The zero-order chi connectivity index (χ0) is 16.4. The van der Waals surface area contributed by atoms with Gasteiger partial charge >= 0.3 is 0 Å². The van der Waals surface area contributed by atoms with Crippen molar-refractivity contribution in [2.24, 2.45) is 0 Å². The molecule has 1 amide bonds. The summed E-state index contributed by atoms with van der Waals surface area (Å²) in [7, 11) is 1.52. The van der Waals surface area contributed by atoms with Gasteiger partial charge in [-0.15, -0.1) is 0 Å². The minimum absolute atomic E-state index is 0.290. The lowest BCUT2D eigenvalue weighted by atomic mass is 10.1. The fraction of sp³-hybridized carbons (Fsp3) is 0.176. The van der Waals surface area contributed by atoms with Crippen LogP contribution in [-0.2, 0) is 6.42 Å². The first-order valence-electron chi connectivity index (χ1n) is 7.15. The van der Waals surface area contributed by atoms with Crippen LogP contribution in [0.1, 0.15) is 22.8 Å². The normalized spacial score (nSPS) is 10.7. The predicted octanol–water partition coefficient (Wildman–Crippen LogP) is 4.77. The van der Waals surface area contributed by atoms with E-state index in [1.54, 1.807) is 18.2 Å². The third-order valence-corrected chi connectivity index (χ3v) is 4.68. The molecule has 2 aromatic carbocycles. The quantitative estimate of drug-likeness (QED) is 0.740. The maximum absolute atomic E-state index is 12.5. The first kappa shape index (κ1) is 15.8. The first-order chi connectivity index (χ1) is 11.1. The van der Waals surface area contributed by atoms with E-state index in [1.807, 2.05) is 18.2 Å². The first-order valence-corrected chi connectivity index (χ1v) is 8.35. The molecule has 0 radical (unpaired) electrons. The Balaban J connectivity index is 1.93. The lowest BCUT2D eigenvalue weighted by Gasteiger charge is -2.08. The molecule has 3 rings (SSSR count). The molecule has 0 fully saturated rings. The average molecular weight is 347 g/mol. The topological polar surface area (TPSA) is 51.2 Å². The SMILES string of the molecule is CCc1cccc2sc(NC(=O)c3cc(Cl)ccc3OC)nc12. The number of ether oxygens (including phenoxy) is 1. The van der Waals surface area contributed by atoms with E-state index in [4.69, 9.17) is 16.3 Å². The number of aryl methyl sites for hydroxylation is 1. The molecular weight excluding hydrogens is 332 g/mol. The monoisotopic (exact) mass is 346 g/mol. The summed E-state index contributed by atoms with van der Waals surface area (Å²) >= 11 is 7.43. The van der Waals surface area contributed by atoms with Crippen molar-refractivity contribution in [3.63, 3.8) is 0 Å². The summed E-state index contributed by atoms with van der Waals surface area (Å²) in [6.45, 7) is 2.09. The maximum atomic E-state index is 12.5. The Morgan fingerprint density at radius 1 is 1.35 bits per heavy atom. The van der Waals surface area contributed by atoms with Gasteiger partial charge in [-0.1, -0.05) is 42.0 Å². The molecule has 0 saturated carbocycles. The summed E-state index contributed by atoms with van der Waals surface area (Å²) in [4.78, 5) is 17.0. The molecule has 118 valence electrons. The molecule has 3 aromatic rings. The van der Waals surface area contributed by atoms with Crippen LogP contribution < -0.4 is 10.1 Å². The summed E-state index contributed by atoms with van der Waals surface area (Å²) in [6, 6.07) is 11.0. The Morgan fingerprint density at radius 2 is 2.17 bits per heavy atom. The van der Waals surface area contributed by atoms with Crippen LogP contribution in [0.25, 0.3) is 10.2 Å². The number of anilines is 1. The van der Waals surface area contributed by atoms with Crippen LogP contribution in [0.5, 0.6) is 5.75 Å². The molecule has 0 bridgehead atoms. The van der Waals surface area contributed by atoms with Crippen molar-refractivity contribution < 1.29 is 9.53 Å². The number of benzene rings is 2. The summed E-state index contributed by atoms with van der Waals surface area (Å²) in [5, 5.41) is 3.87. The van der Waals surface area contributed by atoms with Gasteiger partial charge in [0.15, 0.2) is 5.13 Å². The van der Waals surface area contributed by atoms with Gasteiger partial charge in [0, 0.05) is 5.02 Å². The number of aromatic nitrogens is 1. The number of carbonyl (C=O) groups excluding carboxylic acids is 1. The highest BCUT2D eigenvalue weighted by atomic mass is 35.5. The number of hydrogen-bond acceptors (Lipinski definition) is 4. The van der Waals surface area contributed by atoms with Crippen molar-refractivity contribution in [1.29, 1.82) is 0 Å². The van der Waals surface area contributed by atoms with E-state index in [-0.39, 0.29) is 5.91 Å². The lowest BCUT2D eigenvalue weighted by Crippen LogP contribution is -2.13. The van der Waals surface area contributed by atoms with Gasteiger partial charge in [-0.2, -0.15) is 0 Å². The Bertz CT molecular complexity index is 876. The number of nitrogens with one attached hydrogen (secondary N) is 1. The fourth-order valence-corrected chi connectivity index (χ4v) is 3.45. The number of halogens is 1. The minimum Gasteiger partial charge on any atom is -0.496 e. The van der Waals surface area contributed by atoms with E-state index in [0.717, 1.165) is 16.6 Å². The van der Waals surface area contributed by atoms with Crippen molar-refractivity contribution in [3.05, 3.63) is 52.5 Å². The van der Waals surface area contributed by atoms with Crippen molar-refractivity contribution in [1.82, 2.24) is 4.98 Å². The molecule has 0 aliphatic rings. The average Bonchev–Trinajstić information content (AvgIpc) is 2.96. The predicted molar refractivity (Wildman–Crippen MR) is 95.0 cm³/mol. The summed E-state index contributed by atoms with van der Waals surface area (Å²) in [5.74, 6) is 0.184. The molecule has 4 nitrogen and oxygen atoms in total. The van der Waals surface area contributed by atoms with E-state index < -0.39 is 0 Å². The van der Waals surface area contributed by atoms with E-state index in [9.17, 15) is 4.79 Å². The third kappa shape index (κ3) is 3.16. The van der Waals surface area contributed by atoms with Crippen molar-refractivity contribution in [2.75, 3.05) is 12.4 Å². The molecule has 0 atom stereocenters. The number of fused-ring (bicyclic) bond motifs is 1. The van der Waals surface area contributed by atoms with Gasteiger partial charge in [-0.3, -0.25) is 10.1 Å². The van der Waals surface area contributed by atoms with E-state index in [1.165, 1.54) is 24.0 Å². The molecule has 0 aliphatic heterocycles. The molecular formula is C17H15ClN2O2S. The highest BCUT2D eigenvalue weighted by molar-refractivity contribution is 7.22. The van der Waals surface area contributed by atoms with Gasteiger partial charge in [-0.05, 0) is 36.2 Å². The smallest absolute Gasteiger partial charge is 0.261 e. The molecule has 1 N–H and O–H groups in total. The number of rotatable bonds is 4. The van der Waals surface area contributed by atoms with Gasteiger partial charge in [-0.25, -0.2) is 4.98 Å². The van der Waals surface area contributed by atoms with Gasteiger partial charge in [0.05, 0.1) is 22.9 Å². The van der Waals surface area contributed by atoms with Gasteiger partial charge in [0.1, 0.15) is 5.75 Å². The second-order valence-electron chi connectivity index (χ2n) is 4.94. The molecule has 6 heteroatoms. The van der Waals surface area contributed by atoms with Crippen LogP contribution in [0.3, 0.4) is 0 Å². The molecule has 0 aliphatic carbocycles. The second-order valence-corrected chi connectivity index (χ2v) is 6.40. The molecule has 0 unspecified atom stereocenters. The zero-order valence-electron chi connectivity index (χ0n) is 12.7. The minimum atomic E-state index is -0.290. The summed E-state index contributed by atoms with van der Waals surface area (Å²) in [6.07, 6.45) is 0.899. The number of methoxy groups -OCH3 is 1. The lowest BCUT2D eigenvalue weighted by molar-refractivity contribution is 0.102. The largest absolute Gasteiger partial charge is 0.496 e. The summed E-state index contributed by atoms with van der Waals surface area (Å²) < 4.78 is 6.27. The number of carbonyl (C=O) groups is 1. The standard InChI is InChI=1S/C17H15ClN2O2S/c1-3-10-5-4-6-14-15(10)19-17(23-14)20-16(21)12-9-11(18)7-8-13(12)22-2/h4-9H,3H2,1-2H3,(H,19,20,21). The van der Waals surface area contributed by atoms with Crippen LogP contribution in [-0.4, -0.2) is 18.0 Å². The van der Waals surface area contributed by atoms with Crippen LogP contribution in [0, 0.1) is 0 Å². The van der Waals surface area contributed by atoms with E-state index in [0.29, 0.717) is 21.5 Å². The Kier molecular flexibility index (Phi) is 4.50. The van der Waals surface area contributed by atoms with Crippen LogP contribution in [0.15, 0.2) is 36.4 Å². The number of amides is 1. The van der Waals surface area contributed by atoms with Crippen molar-refractivity contribution in [2.45, 2.75) is 13.3 Å². The Hall–Kier alpha value is -2.11. The van der Waals surface area contributed by atoms with Crippen LogP contribution in [0.2, 0.25) is 5.02 Å². The van der Waals surface area contributed by atoms with Crippen LogP contribution >= 0.6 is 22.9 Å². The highest BCUT2D eigenvalue weighted by Gasteiger charge is 2.15. The number of nitrogens with zero attached hydrogens (tertiary/aromatic N) is 1. The number of thiazole rings is 1. The molecule has 0 spiro atoms. The Labute approximate surface area is 143 Å². The maximum Gasteiger partial charge on any atom is 0.261 e. The molecule has 23 heavy (non-hydrogen) atoms. The number of para-hydroxylation sites is 1. The van der Waals surface area contributed by atoms with Crippen molar-refractivity contribution in [3.8, 4) is 5.75 Å². The fourth-order valence-electron chi connectivity index (χ4n) is 2.37. The highest BCUT2D eigenvalue weighted by Crippen LogP contribution is 2.30. The third-order valence-electron chi connectivity index (χ3n) is 3.51. The van der Waals surface area contributed by atoms with Crippen molar-refractivity contribution >= 4 is 44.2 Å². The second kappa shape index (κ2) is 6.56. The van der Waals surface area contributed by atoms with Crippen LogP contribution in [0.4, 0.5) is 5.13 Å². The number of hydrogen-bond donors (Lipinski definition) is 1. The summed E-state index contributed by atoms with van der Waals surface area (Å²) in [5.41, 5.74) is 2.49. The molecule has 1 aromatic heterocycles. The molecule has 1 heterocycles. The zero-order valence-corrected chi connectivity index (χ0v) is 14.3. The molecule has 0 saturated heterocycles. The van der Waals surface area contributed by atoms with E-state index >= 15 is 0 Å². The van der Waals surface area contributed by atoms with Gasteiger partial charge < -0.3 is 4.74 Å². The van der Waals surface area contributed by atoms with E-state index in [2.05, 4.69) is 17.2 Å². The Morgan fingerprint density at radius 3 is 2.91 bits per heavy atom.